The number of hydrogen-bond donors (Lipinski definition) is 1. The molecule has 2 aromatic rings. The maximum Gasteiger partial charge on any atom is 0.138 e. The minimum atomic E-state index is -0.401. The molecule has 0 bridgehead atoms. The number of hydrogen-bond acceptors (Lipinski definition) is 2. The summed E-state index contributed by atoms with van der Waals surface area (Å²) < 4.78 is 2.08. The summed E-state index contributed by atoms with van der Waals surface area (Å²) in [5, 5.41) is 9.89. The van der Waals surface area contributed by atoms with Crippen molar-refractivity contribution in [1.82, 2.24) is 9.55 Å². The van der Waals surface area contributed by atoms with Gasteiger partial charge in [0.2, 0.25) is 0 Å². The van der Waals surface area contributed by atoms with E-state index in [4.69, 9.17) is 0 Å². The van der Waals surface area contributed by atoms with Gasteiger partial charge >= 0.3 is 0 Å². The molecule has 1 N–H and O–H groups in total. The van der Waals surface area contributed by atoms with E-state index in [1.807, 2.05) is 12.3 Å². The zero-order chi connectivity index (χ0) is 11.8. The van der Waals surface area contributed by atoms with Crippen molar-refractivity contribution in [1.29, 1.82) is 0 Å². The van der Waals surface area contributed by atoms with E-state index in [-0.39, 0.29) is 0 Å². The first-order valence-corrected chi connectivity index (χ1v) is 6.06. The second-order valence-electron chi connectivity index (χ2n) is 4.71. The number of aliphatic hydroxyl groups is 1. The number of rotatable bonds is 1. The SMILES string of the molecule is Cc1cccc(-c2cn3c(n2)[C@@H](O)CCC3)c1. The molecule has 2 heterocycles. The van der Waals surface area contributed by atoms with Crippen molar-refractivity contribution in [3.8, 4) is 11.3 Å². The Morgan fingerprint density at radius 3 is 3.06 bits per heavy atom. The van der Waals surface area contributed by atoms with Crippen molar-refractivity contribution < 1.29 is 5.11 Å². The molecule has 0 spiro atoms. The third-order valence-corrected chi connectivity index (χ3v) is 3.30. The molecule has 0 saturated heterocycles. The normalized spacial score (nSPS) is 19.1. The Labute approximate surface area is 101 Å². The molecule has 17 heavy (non-hydrogen) atoms. The van der Waals surface area contributed by atoms with Crippen LogP contribution in [0.25, 0.3) is 11.3 Å². The van der Waals surface area contributed by atoms with Gasteiger partial charge in [-0.3, -0.25) is 0 Å². The van der Waals surface area contributed by atoms with E-state index in [1.54, 1.807) is 0 Å². The first kappa shape index (κ1) is 10.5. The van der Waals surface area contributed by atoms with Gasteiger partial charge < -0.3 is 9.67 Å². The van der Waals surface area contributed by atoms with Crippen molar-refractivity contribution in [2.75, 3.05) is 0 Å². The van der Waals surface area contributed by atoms with Crippen LogP contribution in [0.3, 0.4) is 0 Å². The van der Waals surface area contributed by atoms with Crippen molar-refractivity contribution >= 4 is 0 Å². The van der Waals surface area contributed by atoms with Gasteiger partial charge in [0.15, 0.2) is 0 Å². The minimum Gasteiger partial charge on any atom is -0.385 e. The number of aromatic nitrogens is 2. The van der Waals surface area contributed by atoms with Gasteiger partial charge in [-0.1, -0.05) is 23.8 Å². The molecule has 3 heteroatoms. The second kappa shape index (κ2) is 4.00. The van der Waals surface area contributed by atoms with Gasteiger partial charge in [-0.2, -0.15) is 0 Å². The van der Waals surface area contributed by atoms with Crippen LogP contribution in [0.15, 0.2) is 30.5 Å². The van der Waals surface area contributed by atoms with E-state index in [1.165, 1.54) is 5.56 Å². The van der Waals surface area contributed by atoms with Gasteiger partial charge in [-0.25, -0.2) is 4.98 Å². The zero-order valence-corrected chi connectivity index (χ0v) is 9.93. The first-order chi connectivity index (χ1) is 8.24. The van der Waals surface area contributed by atoms with Crippen LogP contribution in [0.4, 0.5) is 0 Å². The monoisotopic (exact) mass is 228 g/mol. The lowest BCUT2D eigenvalue weighted by atomic mass is 10.1. The zero-order valence-electron chi connectivity index (χ0n) is 9.93. The molecule has 3 rings (SSSR count). The Morgan fingerprint density at radius 1 is 1.41 bits per heavy atom. The Balaban J connectivity index is 2.05. The summed E-state index contributed by atoms with van der Waals surface area (Å²) in [7, 11) is 0. The van der Waals surface area contributed by atoms with E-state index in [0.29, 0.717) is 0 Å². The van der Waals surface area contributed by atoms with Crippen LogP contribution in [0.1, 0.15) is 30.3 Å². The van der Waals surface area contributed by atoms with Crippen LogP contribution < -0.4 is 0 Å². The van der Waals surface area contributed by atoms with Gasteiger partial charge in [0, 0.05) is 18.3 Å². The lowest BCUT2D eigenvalue weighted by Crippen LogP contribution is -2.14. The van der Waals surface area contributed by atoms with Crippen molar-refractivity contribution in [2.24, 2.45) is 0 Å². The van der Waals surface area contributed by atoms with E-state index < -0.39 is 6.10 Å². The highest BCUT2D eigenvalue weighted by atomic mass is 16.3. The van der Waals surface area contributed by atoms with Crippen molar-refractivity contribution in [3.05, 3.63) is 41.9 Å². The third-order valence-electron chi connectivity index (χ3n) is 3.30. The fourth-order valence-electron chi connectivity index (χ4n) is 2.40. The molecule has 0 aliphatic carbocycles. The van der Waals surface area contributed by atoms with Crippen molar-refractivity contribution in [3.63, 3.8) is 0 Å². The lowest BCUT2D eigenvalue weighted by molar-refractivity contribution is 0.134. The Kier molecular flexibility index (Phi) is 2.48. The average molecular weight is 228 g/mol. The lowest BCUT2D eigenvalue weighted by Gasteiger charge is -2.18. The van der Waals surface area contributed by atoms with Crippen LogP contribution >= 0.6 is 0 Å². The molecule has 0 amide bonds. The summed E-state index contributed by atoms with van der Waals surface area (Å²) in [4.78, 5) is 4.56. The number of nitrogens with zero attached hydrogens (tertiary/aromatic N) is 2. The largest absolute Gasteiger partial charge is 0.385 e. The molecule has 1 aromatic carbocycles. The highest BCUT2D eigenvalue weighted by molar-refractivity contribution is 5.59. The molecule has 3 nitrogen and oxygen atoms in total. The molecule has 1 aliphatic heterocycles. The van der Waals surface area contributed by atoms with Crippen LogP contribution in [0.5, 0.6) is 0 Å². The predicted octanol–water partition coefficient (Wildman–Crippen LogP) is 2.69. The van der Waals surface area contributed by atoms with Crippen LogP contribution in [-0.4, -0.2) is 14.7 Å². The second-order valence-corrected chi connectivity index (χ2v) is 4.71. The van der Waals surface area contributed by atoms with E-state index in [0.717, 1.165) is 36.5 Å². The standard InChI is InChI=1S/C14H16N2O/c1-10-4-2-5-11(8-10)12-9-16-7-3-6-13(17)14(16)15-12/h2,4-5,8-9,13,17H,3,6-7H2,1H3/t13-/m0/s1. The van der Waals surface area contributed by atoms with Crippen LogP contribution in [0, 0.1) is 6.92 Å². The summed E-state index contributed by atoms with van der Waals surface area (Å²) in [6, 6.07) is 8.31. The Hall–Kier alpha value is -1.61. The summed E-state index contributed by atoms with van der Waals surface area (Å²) >= 11 is 0. The Bertz CT molecular complexity index is 545. The smallest absolute Gasteiger partial charge is 0.138 e. The maximum absolute atomic E-state index is 9.89. The van der Waals surface area contributed by atoms with Gasteiger partial charge in [0.25, 0.3) is 0 Å². The molecule has 0 unspecified atom stereocenters. The number of fused-ring (bicyclic) bond motifs is 1. The van der Waals surface area contributed by atoms with Crippen molar-refractivity contribution in [2.45, 2.75) is 32.4 Å². The molecular formula is C14H16N2O. The fraction of sp³-hybridized carbons (Fsp3) is 0.357. The molecule has 1 aliphatic rings. The Morgan fingerprint density at radius 2 is 2.29 bits per heavy atom. The quantitative estimate of drug-likeness (QED) is 0.815. The molecule has 88 valence electrons. The van der Waals surface area contributed by atoms with Gasteiger partial charge in [-0.15, -0.1) is 0 Å². The van der Waals surface area contributed by atoms with Gasteiger partial charge in [0.1, 0.15) is 11.9 Å². The van der Waals surface area contributed by atoms with E-state index in [9.17, 15) is 5.11 Å². The maximum atomic E-state index is 9.89. The number of benzene rings is 1. The summed E-state index contributed by atoms with van der Waals surface area (Å²) in [5.41, 5.74) is 3.32. The topological polar surface area (TPSA) is 38.0 Å². The van der Waals surface area contributed by atoms with Crippen LogP contribution in [0.2, 0.25) is 0 Å². The molecular weight excluding hydrogens is 212 g/mol. The summed E-state index contributed by atoms with van der Waals surface area (Å²) in [5.74, 6) is 0.813. The van der Waals surface area contributed by atoms with Gasteiger partial charge in [0.05, 0.1) is 5.69 Å². The summed E-state index contributed by atoms with van der Waals surface area (Å²) in [6.07, 6.45) is 3.50. The highest BCUT2D eigenvalue weighted by Gasteiger charge is 2.20. The summed E-state index contributed by atoms with van der Waals surface area (Å²) in [6.45, 7) is 3.04. The number of imidazole rings is 1. The molecule has 1 aromatic heterocycles. The third kappa shape index (κ3) is 1.87. The molecule has 0 radical (unpaired) electrons. The van der Waals surface area contributed by atoms with Crippen LogP contribution in [-0.2, 0) is 6.54 Å². The van der Waals surface area contributed by atoms with E-state index in [2.05, 4.69) is 34.7 Å². The van der Waals surface area contributed by atoms with E-state index >= 15 is 0 Å². The fourth-order valence-corrected chi connectivity index (χ4v) is 2.40. The molecule has 0 saturated carbocycles. The minimum absolute atomic E-state index is 0.401. The average Bonchev–Trinajstić information content (AvgIpc) is 2.74. The predicted molar refractivity (Wildman–Crippen MR) is 66.6 cm³/mol. The number of aryl methyl sites for hydroxylation is 2. The molecule has 0 fully saturated rings. The number of aliphatic hydroxyl groups excluding tert-OH is 1. The highest BCUT2D eigenvalue weighted by Crippen LogP contribution is 2.28. The first-order valence-electron chi connectivity index (χ1n) is 6.06. The van der Waals surface area contributed by atoms with Gasteiger partial charge in [-0.05, 0) is 25.8 Å². The molecule has 1 atom stereocenters.